The standard InChI is InChI=1S/C14H26O2/c1-4-11(5-2)9-14(13(15)16)8-7-12(6-3)10-14/h11-12H,4-10H2,1-3H3,(H,15,16). The van der Waals surface area contributed by atoms with Crippen molar-refractivity contribution in [1.29, 1.82) is 0 Å². The minimum atomic E-state index is -0.546. The number of hydrogen-bond acceptors (Lipinski definition) is 1. The monoisotopic (exact) mass is 226 g/mol. The lowest BCUT2D eigenvalue weighted by Crippen LogP contribution is -2.30. The molecule has 0 aromatic rings. The molecule has 16 heavy (non-hydrogen) atoms. The Morgan fingerprint density at radius 2 is 2.00 bits per heavy atom. The number of hydrogen-bond donors (Lipinski definition) is 1. The molecule has 2 nitrogen and oxygen atoms in total. The largest absolute Gasteiger partial charge is 0.481 e. The van der Waals surface area contributed by atoms with Crippen molar-refractivity contribution >= 4 is 5.97 Å². The molecule has 2 unspecified atom stereocenters. The summed E-state index contributed by atoms with van der Waals surface area (Å²) in [6, 6.07) is 0. The molecule has 94 valence electrons. The highest BCUT2D eigenvalue weighted by Crippen LogP contribution is 2.48. The summed E-state index contributed by atoms with van der Waals surface area (Å²) in [4.78, 5) is 11.6. The molecule has 1 saturated carbocycles. The van der Waals surface area contributed by atoms with Gasteiger partial charge in [0.15, 0.2) is 0 Å². The molecule has 0 heterocycles. The van der Waals surface area contributed by atoms with Crippen LogP contribution >= 0.6 is 0 Å². The van der Waals surface area contributed by atoms with Crippen LogP contribution in [0.5, 0.6) is 0 Å². The Hall–Kier alpha value is -0.530. The van der Waals surface area contributed by atoms with E-state index in [0.29, 0.717) is 11.8 Å². The normalized spacial score (nSPS) is 29.9. The van der Waals surface area contributed by atoms with Gasteiger partial charge in [-0.05, 0) is 37.5 Å². The van der Waals surface area contributed by atoms with Gasteiger partial charge >= 0.3 is 5.97 Å². The van der Waals surface area contributed by atoms with E-state index in [0.717, 1.165) is 44.9 Å². The van der Waals surface area contributed by atoms with E-state index >= 15 is 0 Å². The minimum absolute atomic E-state index is 0.392. The maximum atomic E-state index is 11.6. The van der Waals surface area contributed by atoms with Crippen LogP contribution in [0.4, 0.5) is 0 Å². The molecule has 0 aromatic heterocycles. The Morgan fingerprint density at radius 1 is 1.38 bits per heavy atom. The maximum Gasteiger partial charge on any atom is 0.309 e. The second-order valence-electron chi connectivity index (χ2n) is 5.49. The van der Waals surface area contributed by atoms with E-state index in [1.165, 1.54) is 0 Å². The van der Waals surface area contributed by atoms with Crippen molar-refractivity contribution in [2.75, 3.05) is 0 Å². The highest BCUT2D eigenvalue weighted by molar-refractivity contribution is 5.75. The van der Waals surface area contributed by atoms with Gasteiger partial charge in [-0.15, -0.1) is 0 Å². The molecule has 1 aliphatic rings. The van der Waals surface area contributed by atoms with Crippen molar-refractivity contribution in [3.05, 3.63) is 0 Å². The average Bonchev–Trinajstić information content (AvgIpc) is 2.70. The third-order valence-corrected chi connectivity index (χ3v) is 4.58. The highest BCUT2D eigenvalue weighted by Gasteiger charge is 2.45. The molecular weight excluding hydrogens is 200 g/mol. The fourth-order valence-corrected chi connectivity index (χ4v) is 3.18. The fraction of sp³-hybridized carbons (Fsp3) is 0.929. The van der Waals surface area contributed by atoms with Gasteiger partial charge in [-0.1, -0.05) is 40.0 Å². The summed E-state index contributed by atoms with van der Waals surface area (Å²) < 4.78 is 0. The van der Waals surface area contributed by atoms with Crippen LogP contribution in [0.1, 0.15) is 65.7 Å². The van der Waals surface area contributed by atoms with Gasteiger partial charge in [0.1, 0.15) is 0 Å². The summed E-state index contributed by atoms with van der Waals surface area (Å²) in [5.41, 5.74) is -0.392. The zero-order valence-electron chi connectivity index (χ0n) is 11.0. The lowest BCUT2D eigenvalue weighted by Gasteiger charge is -2.28. The summed E-state index contributed by atoms with van der Waals surface area (Å²) in [6.45, 7) is 6.53. The molecule has 1 fully saturated rings. The number of carboxylic acids is 1. The van der Waals surface area contributed by atoms with Crippen molar-refractivity contribution in [3.63, 3.8) is 0 Å². The van der Waals surface area contributed by atoms with Gasteiger partial charge in [0.05, 0.1) is 5.41 Å². The topological polar surface area (TPSA) is 37.3 Å². The zero-order chi connectivity index (χ0) is 12.2. The van der Waals surface area contributed by atoms with Gasteiger partial charge in [-0.3, -0.25) is 4.79 Å². The van der Waals surface area contributed by atoms with E-state index in [2.05, 4.69) is 20.8 Å². The summed E-state index contributed by atoms with van der Waals surface area (Å²) >= 11 is 0. The SMILES string of the molecule is CCC(CC)CC1(C(=O)O)CCC(CC)C1. The maximum absolute atomic E-state index is 11.6. The molecule has 1 aliphatic carbocycles. The molecule has 0 bridgehead atoms. The molecule has 1 N–H and O–H groups in total. The highest BCUT2D eigenvalue weighted by atomic mass is 16.4. The van der Waals surface area contributed by atoms with Crippen molar-refractivity contribution < 1.29 is 9.90 Å². The van der Waals surface area contributed by atoms with Crippen molar-refractivity contribution in [1.82, 2.24) is 0 Å². The zero-order valence-corrected chi connectivity index (χ0v) is 11.0. The average molecular weight is 226 g/mol. The molecule has 2 atom stereocenters. The van der Waals surface area contributed by atoms with Crippen LogP contribution in [0.25, 0.3) is 0 Å². The first-order valence-corrected chi connectivity index (χ1v) is 6.81. The van der Waals surface area contributed by atoms with Crippen LogP contribution in [0.3, 0.4) is 0 Å². The molecule has 0 aromatic carbocycles. The second kappa shape index (κ2) is 5.70. The van der Waals surface area contributed by atoms with E-state index in [9.17, 15) is 9.90 Å². The van der Waals surface area contributed by atoms with Gasteiger partial charge in [-0.25, -0.2) is 0 Å². The van der Waals surface area contributed by atoms with E-state index < -0.39 is 11.4 Å². The van der Waals surface area contributed by atoms with Crippen LogP contribution in [0.2, 0.25) is 0 Å². The molecular formula is C14H26O2. The van der Waals surface area contributed by atoms with Crippen LogP contribution in [0.15, 0.2) is 0 Å². The Morgan fingerprint density at radius 3 is 2.38 bits per heavy atom. The summed E-state index contributed by atoms with van der Waals surface area (Å²) in [7, 11) is 0. The number of aliphatic carboxylic acids is 1. The molecule has 0 saturated heterocycles. The smallest absolute Gasteiger partial charge is 0.309 e. The Kier molecular flexibility index (Phi) is 4.82. The quantitative estimate of drug-likeness (QED) is 0.740. The Labute approximate surface area is 99.4 Å². The van der Waals surface area contributed by atoms with Crippen LogP contribution in [0, 0.1) is 17.3 Å². The van der Waals surface area contributed by atoms with E-state index in [4.69, 9.17) is 0 Å². The predicted molar refractivity (Wildman–Crippen MR) is 66.4 cm³/mol. The van der Waals surface area contributed by atoms with E-state index in [1.54, 1.807) is 0 Å². The first-order chi connectivity index (χ1) is 7.57. The Bertz CT molecular complexity index is 233. The molecule has 2 heteroatoms. The number of carboxylic acid groups (broad SMARTS) is 1. The van der Waals surface area contributed by atoms with Crippen LogP contribution in [-0.4, -0.2) is 11.1 Å². The minimum Gasteiger partial charge on any atom is -0.481 e. The first kappa shape index (κ1) is 13.5. The van der Waals surface area contributed by atoms with Crippen LogP contribution in [-0.2, 0) is 4.79 Å². The molecule has 0 aliphatic heterocycles. The summed E-state index contributed by atoms with van der Waals surface area (Å²) in [5, 5.41) is 9.52. The lowest BCUT2D eigenvalue weighted by atomic mass is 9.75. The third-order valence-electron chi connectivity index (χ3n) is 4.58. The van der Waals surface area contributed by atoms with Gasteiger partial charge < -0.3 is 5.11 Å². The van der Waals surface area contributed by atoms with Crippen molar-refractivity contribution in [2.45, 2.75) is 65.7 Å². The molecule has 0 amide bonds. The number of carbonyl (C=O) groups is 1. The molecule has 0 radical (unpaired) electrons. The van der Waals surface area contributed by atoms with E-state index in [1.807, 2.05) is 0 Å². The van der Waals surface area contributed by atoms with Crippen molar-refractivity contribution in [3.8, 4) is 0 Å². The fourth-order valence-electron chi connectivity index (χ4n) is 3.18. The van der Waals surface area contributed by atoms with Gasteiger partial charge in [0.2, 0.25) is 0 Å². The van der Waals surface area contributed by atoms with Crippen molar-refractivity contribution in [2.24, 2.45) is 17.3 Å². The summed E-state index contributed by atoms with van der Waals surface area (Å²) in [5.74, 6) is 0.688. The van der Waals surface area contributed by atoms with Crippen LogP contribution < -0.4 is 0 Å². The lowest BCUT2D eigenvalue weighted by molar-refractivity contribution is -0.150. The molecule has 0 spiro atoms. The third kappa shape index (κ3) is 2.78. The second-order valence-corrected chi connectivity index (χ2v) is 5.49. The van der Waals surface area contributed by atoms with Gasteiger partial charge in [0, 0.05) is 0 Å². The Balaban J connectivity index is 2.71. The molecule has 1 rings (SSSR count). The number of rotatable bonds is 6. The van der Waals surface area contributed by atoms with Gasteiger partial charge in [0.25, 0.3) is 0 Å². The van der Waals surface area contributed by atoms with Gasteiger partial charge in [-0.2, -0.15) is 0 Å². The predicted octanol–water partition coefficient (Wildman–Crippen LogP) is 4.09. The first-order valence-electron chi connectivity index (χ1n) is 6.81. The summed E-state index contributed by atoms with van der Waals surface area (Å²) in [6.07, 6.45) is 7.18. The van der Waals surface area contributed by atoms with E-state index in [-0.39, 0.29) is 0 Å².